The molecule has 0 bridgehead atoms. The highest BCUT2D eigenvalue weighted by Gasteiger charge is 2.62. The number of aryl methyl sites for hydroxylation is 1. The first kappa shape index (κ1) is 29.4. The number of aliphatic hydroxyl groups excluding tert-OH is 1. The Hall–Kier alpha value is -3.13. The van der Waals surface area contributed by atoms with Crippen LogP contribution in [0.25, 0.3) is 0 Å². The summed E-state index contributed by atoms with van der Waals surface area (Å²) in [6.45, 7) is 2.05. The molecule has 0 radical (unpaired) electrons. The lowest BCUT2D eigenvalue weighted by Gasteiger charge is -2.34. The number of aromatic nitrogens is 1. The Bertz CT molecular complexity index is 1420. The maximum atomic E-state index is 13.7. The fourth-order valence-electron chi connectivity index (χ4n) is 5.77. The number of sulfonamides is 1. The summed E-state index contributed by atoms with van der Waals surface area (Å²) in [6.07, 6.45) is -2.36. The van der Waals surface area contributed by atoms with E-state index in [0.717, 1.165) is 5.56 Å². The second kappa shape index (κ2) is 10.9. The number of pyridine rings is 1. The van der Waals surface area contributed by atoms with Crippen molar-refractivity contribution in [2.24, 2.45) is 11.3 Å². The highest BCUT2D eigenvalue weighted by Crippen LogP contribution is 2.61. The van der Waals surface area contributed by atoms with Gasteiger partial charge in [-0.05, 0) is 61.6 Å². The van der Waals surface area contributed by atoms with Gasteiger partial charge < -0.3 is 20.2 Å². The number of halogens is 4. The Kier molecular flexibility index (Phi) is 7.83. The normalized spacial score (nSPS) is 23.7. The summed E-state index contributed by atoms with van der Waals surface area (Å²) in [5, 5.41) is 11.8. The van der Waals surface area contributed by atoms with E-state index in [0.29, 0.717) is 24.5 Å². The zero-order valence-electron chi connectivity index (χ0n) is 22.5. The van der Waals surface area contributed by atoms with E-state index >= 15 is 0 Å². The van der Waals surface area contributed by atoms with Gasteiger partial charge in [0.2, 0.25) is 16.4 Å². The van der Waals surface area contributed by atoms with Gasteiger partial charge in [0, 0.05) is 44.4 Å². The van der Waals surface area contributed by atoms with Gasteiger partial charge >= 0.3 is 0 Å². The van der Waals surface area contributed by atoms with Crippen LogP contribution >= 0.6 is 0 Å². The molecule has 41 heavy (non-hydrogen) atoms. The quantitative estimate of drug-likeness (QED) is 0.372. The van der Waals surface area contributed by atoms with Gasteiger partial charge in [-0.25, -0.2) is 31.0 Å². The van der Waals surface area contributed by atoms with Crippen molar-refractivity contribution < 1.29 is 35.9 Å². The van der Waals surface area contributed by atoms with Crippen LogP contribution < -0.4 is 19.8 Å². The Labute approximate surface area is 236 Å². The van der Waals surface area contributed by atoms with Crippen molar-refractivity contribution in [3.8, 4) is 0 Å². The van der Waals surface area contributed by atoms with E-state index in [4.69, 9.17) is 5.11 Å². The summed E-state index contributed by atoms with van der Waals surface area (Å²) in [7, 11) is -3.84. The predicted molar refractivity (Wildman–Crippen MR) is 148 cm³/mol. The molecule has 1 aromatic heterocycles. The molecule has 14 heteroatoms. The summed E-state index contributed by atoms with van der Waals surface area (Å²) in [5.41, 5.74) is 0.517. The molecule has 224 valence electrons. The molecule has 2 saturated heterocycles. The largest absolute Gasteiger partial charge is 0.395 e. The summed E-state index contributed by atoms with van der Waals surface area (Å²) in [5.74, 6) is -3.31. The van der Waals surface area contributed by atoms with Crippen molar-refractivity contribution in [2.75, 3.05) is 58.4 Å². The van der Waals surface area contributed by atoms with Crippen LogP contribution in [-0.4, -0.2) is 75.3 Å². The van der Waals surface area contributed by atoms with E-state index in [1.165, 1.54) is 18.2 Å². The highest BCUT2D eigenvalue weighted by molar-refractivity contribution is 7.92. The molecule has 0 unspecified atom stereocenters. The molecule has 2 aromatic rings. The molecule has 2 atom stereocenters. The summed E-state index contributed by atoms with van der Waals surface area (Å²) in [4.78, 5) is 21.6. The fourth-order valence-corrected chi connectivity index (χ4v) is 6.60. The fraction of sp³-hybridized carbons (Fsp3) is 0.556. The minimum Gasteiger partial charge on any atom is -0.395 e. The third kappa shape index (κ3) is 6.37. The van der Waals surface area contributed by atoms with Crippen molar-refractivity contribution in [3.05, 3.63) is 41.5 Å². The maximum absolute atomic E-state index is 13.7. The van der Waals surface area contributed by atoms with Gasteiger partial charge in [0.15, 0.2) is 0 Å². The first-order valence-corrected chi connectivity index (χ1v) is 15.2. The van der Waals surface area contributed by atoms with Crippen LogP contribution in [-0.2, 0) is 10.0 Å². The van der Waals surface area contributed by atoms with Crippen molar-refractivity contribution in [2.45, 2.75) is 45.0 Å². The smallest absolute Gasteiger partial charge is 0.258 e. The van der Waals surface area contributed by atoms with E-state index in [-0.39, 0.29) is 61.9 Å². The van der Waals surface area contributed by atoms with Gasteiger partial charge in [0.05, 0.1) is 29.3 Å². The number of benzene rings is 1. The Balaban J connectivity index is 1.40. The van der Waals surface area contributed by atoms with Crippen LogP contribution in [0.3, 0.4) is 0 Å². The molecule has 5 rings (SSSR count). The predicted octanol–water partition coefficient (Wildman–Crippen LogP) is 4.09. The van der Waals surface area contributed by atoms with Crippen LogP contribution in [0.15, 0.2) is 30.3 Å². The number of nitrogens with zero attached hydrogens (tertiary/aromatic N) is 3. The maximum Gasteiger partial charge on any atom is 0.258 e. The molecule has 1 amide bonds. The molecule has 0 spiro atoms. The number of hydrogen-bond acceptors (Lipinski definition) is 7. The van der Waals surface area contributed by atoms with Crippen molar-refractivity contribution in [1.82, 2.24) is 4.98 Å². The molecule has 1 aliphatic carbocycles. The molecule has 1 aromatic carbocycles. The average molecular weight is 600 g/mol. The minimum absolute atomic E-state index is 0.130. The number of carbonyl (C=O) groups excluding carboxylic acids is 1. The van der Waals surface area contributed by atoms with Gasteiger partial charge in [-0.3, -0.25) is 9.52 Å². The number of piperidine rings is 2. The SMILES string of the molecule is Cc1cc(NC(=O)c2ccc(NS(=O)(=O)CCO)cc2N2CC[C@@]3(C(F)F)C[C@H]3C2)nc(N2CCC(F)(F)CC2)c1. The number of aliphatic hydroxyl groups is 1. The number of amides is 1. The number of anilines is 4. The molecule has 9 nitrogen and oxygen atoms in total. The zero-order chi connectivity index (χ0) is 29.6. The Morgan fingerprint density at radius 1 is 1.12 bits per heavy atom. The van der Waals surface area contributed by atoms with Gasteiger partial charge in [0.25, 0.3) is 11.8 Å². The molecule has 3 heterocycles. The van der Waals surface area contributed by atoms with Gasteiger partial charge in [0.1, 0.15) is 11.6 Å². The van der Waals surface area contributed by atoms with Crippen LogP contribution in [0.5, 0.6) is 0 Å². The molecule has 3 fully saturated rings. The molecule has 2 aliphatic heterocycles. The lowest BCUT2D eigenvalue weighted by Crippen LogP contribution is -2.39. The summed E-state index contributed by atoms with van der Waals surface area (Å²) < 4.78 is 81.5. The minimum atomic E-state index is -3.84. The molecular weight excluding hydrogens is 566 g/mol. The molecule has 1 saturated carbocycles. The first-order chi connectivity index (χ1) is 19.3. The second-order valence-electron chi connectivity index (χ2n) is 11.2. The van der Waals surface area contributed by atoms with Crippen LogP contribution in [0.1, 0.15) is 41.6 Å². The number of alkyl halides is 4. The lowest BCUT2D eigenvalue weighted by atomic mass is 9.95. The van der Waals surface area contributed by atoms with Gasteiger partial charge in [-0.15, -0.1) is 0 Å². The Morgan fingerprint density at radius 2 is 1.83 bits per heavy atom. The molecule has 3 N–H and O–H groups in total. The summed E-state index contributed by atoms with van der Waals surface area (Å²) >= 11 is 0. The molecular formula is C27H33F4N5O4S. The third-order valence-corrected chi connectivity index (χ3v) is 9.50. The van der Waals surface area contributed by atoms with E-state index < -0.39 is 46.1 Å². The Morgan fingerprint density at radius 3 is 2.49 bits per heavy atom. The first-order valence-electron chi connectivity index (χ1n) is 13.5. The number of nitrogens with one attached hydrogen (secondary N) is 2. The monoisotopic (exact) mass is 599 g/mol. The third-order valence-electron chi connectivity index (χ3n) is 8.24. The zero-order valence-corrected chi connectivity index (χ0v) is 23.4. The van der Waals surface area contributed by atoms with Crippen LogP contribution in [0.2, 0.25) is 0 Å². The van der Waals surface area contributed by atoms with E-state index in [1.807, 2.05) is 4.90 Å². The number of fused-ring (bicyclic) bond motifs is 1. The van der Waals surface area contributed by atoms with Crippen molar-refractivity contribution in [1.29, 1.82) is 0 Å². The highest BCUT2D eigenvalue weighted by atomic mass is 32.2. The number of hydrogen-bond donors (Lipinski definition) is 3. The van der Waals surface area contributed by atoms with Gasteiger partial charge in [-0.2, -0.15) is 0 Å². The second-order valence-corrected chi connectivity index (χ2v) is 13.0. The van der Waals surface area contributed by atoms with Crippen LogP contribution in [0, 0.1) is 18.3 Å². The van der Waals surface area contributed by atoms with Crippen molar-refractivity contribution in [3.63, 3.8) is 0 Å². The standard InChI is InChI=1S/C27H33F4N5O4S/c1-17-12-22(32-23(13-17)35-8-5-27(30,31)6-9-35)33-24(38)20-3-2-19(34-41(39,40)11-10-37)14-21(20)36-7-4-26(25(28)29)15-18(26)16-36/h2-3,12-14,18,25,34,37H,4-11,15-16H2,1H3,(H,32,33,38)/t18-,26+/m0/s1. The summed E-state index contributed by atoms with van der Waals surface area (Å²) in [6, 6.07) is 7.77. The molecule has 3 aliphatic rings. The number of carbonyl (C=O) groups is 1. The van der Waals surface area contributed by atoms with E-state index in [1.54, 1.807) is 24.0 Å². The lowest BCUT2D eigenvalue weighted by molar-refractivity contribution is -0.0221. The van der Waals surface area contributed by atoms with Gasteiger partial charge in [-0.1, -0.05) is 0 Å². The van der Waals surface area contributed by atoms with E-state index in [9.17, 15) is 30.8 Å². The average Bonchev–Trinajstić information content (AvgIpc) is 3.63. The topological polar surface area (TPSA) is 115 Å². The van der Waals surface area contributed by atoms with Crippen molar-refractivity contribution >= 4 is 38.9 Å². The number of rotatable bonds is 9. The van der Waals surface area contributed by atoms with Crippen LogP contribution in [0.4, 0.5) is 40.6 Å². The van der Waals surface area contributed by atoms with E-state index in [2.05, 4.69) is 15.0 Å².